The molecule has 5 nitrogen and oxygen atoms in total. The first kappa shape index (κ1) is 13.2. The van der Waals surface area contributed by atoms with Crippen molar-refractivity contribution in [1.29, 1.82) is 0 Å². The van der Waals surface area contributed by atoms with Gasteiger partial charge < -0.3 is 15.0 Å². The van der Waals surface area contributed by atoms with Crippen molar-refractivity contribution in [3.05, 3.63) is 18.1 Å². The number of nitrogens with zero attached hydrogens (tertiary/aromatic N) is 3. The maximum atomic E-state index is 5.23. The molecule has 2 heterocycles. The highest BCUT2D eigenvalue weighted by atomic mass is 16.5. The van der Waals surface area contributed by atoms with Gasteiger partial charge in [-0.15, -0.1) is 0 Å². The third kappa shape index (κ3) is 3.65. The van der Waals surface area contributed by atoms with E-state index in [0.29, 0.717) is 5.88 Å². The van der Waals surface area contributed by atoms with Crippen molar-refractivity contribution >= 4 is 0 Å². The molecule has 0 bridgehead atoms. The highest BCUT2D eigenvalue weighted by Gasteiger charge is 2.16. The van der Waals surface area contributed by atoms with Crippen LogP contribution in [-0.2, 0) is 6.54 Å². The van der Waals surface area contributed by atoms with Crippen LogP contribution in [0.4, 0.5) is 0 Å². The second kappa shape index (κ2) is 6.66. The lowest BCUT2D eigenvalue weighted by Gasteiger charge is -2.27. The number of piperidine rings is 1. The number of hydrogen-bond acceptors (Lipinski definition) is 5. The summed E-state index contributed by atoms with van der Waals surface area (Å²) in [6.45, 7) is 4.20. The van der Waals surface area contributed by atoms with Gasteiger partial charge in [0.15, 0.2) is 0 Å². The lowest BCUT2D eigenvalue weighted by atomic mass is 9.98. The van der Waals surface area contributed by atoms with Gasteiger partial charge in [-0.3, -0.25) is 4.98 Å². The van der Waals surface area contributed by atoms with Crippen LogP contribution >= 0.6 is 0 Å². The van der Waals surface area contributed by atoms with Crippen molar-refractivity contribution in [1.82, 2.24) is 20.2 Å². The average molecular weight is 250 g/mol. The fourth-order valence-electron chi connectivity index (χ4n) is 2.46. The molecular formula is C13H22N4O. The first-order valence-corrected chi connectivity index (χ1v) is 6.52. The summed E-state index contributed by atoms with van der Waals surface area (Å²) in [5.41, 5.74) is 0.913. The summed E-state index contributed by atoms with van der Waals surface area (Å²) in [6, 6.07) is 0. The predicted octanol–water partition coefficient (Wildman–Crippen LogP) is 0.917. The van der Waals surface area contributed by atoms with E-state index in [4.69, 9.17) is 4.74 Å². The molecule has 1 fully saturated rings. The van der Waals surface area contributed by atoms with E-state index in [1.165, 1.54) is 12.8 Å². The van der Waals surface area contributed by atoms with Crippen LogP contribution in [0.15, 0.2) is 12.4 Å². The molecule has 100 valence electrons. The van der Waals surface area contributed by atoms with Crippen LogP contribution in [0.2, 0.25) is 0 Å². The molecule has 5 heteroatoms. The third-order valence-electron chi connectivity index (χ3n) is 3.38. The molecule has 1 aromatic rings. The largest absolute Gasteiger partial charge is 0.480 e. The van der Waals surface area contributed by atoms with Gasteiger partial charge in [-0.2, -0.15) is 0 Å². The van der Waals surface area contributed by atoms with Crippen LogP contribution in [0.3, 0.4) is 0 Å². The molecule has 0 saturated carbocycles. The Morgan fingerprint density at radius 1 is 1.33 bits per heavy atom. The molecule has 0 radical (unpaired) electrons. The van der Waals surface area contributed by atoms with Crippen LogP contribution in [0, 0.1) is 5.92 Å². The molecule has 0 aromatic carbocycles. The second-order valence-corrected chi connectivity index (χ2v) is 4.90. The summed E-state index contributed by atoms with van der Waals surface area (Å²) in [5, 5.41) is 3.40. The van der Waals surface area contributed by atoms with Crippen molar-refractivity contribution in [3.8, 4) is 5.88 Å². The monoisotopic (exact) mass is 250 g/mol. The molecule has 1 aromatic heterocycles. The Balaban J connectivity index is 1.87. The highest BCUT2D eigenvalue weighted by Crippen LogP contribution is 2.16. The summed E-state index contributed by atoms with van der Waals surface area (Å²) in [7, 11) is 3.77. The minimum Gasteiger partial charge on any atom is -0.480 e. The Kier molecular flexibility index (Phi) is 4.90. The van der Waals surface area contributed by atoms with Crippen molar-refractivity contribution in [3.63, 3.8) is 0 Å². The van der Waals surface area contributed by atoms with E-state index >= 15 is 0 Å². The summed E-state index contributed by atoms with van der Waals surface area (Å²) in [4.78, 5) is 10.8. The van der Waals surface area contributed by atoms with Crippen molar-refractivity contribution in [2.24, 2.45) is 5.92 Å². The quantitative estimate of drug-likeness (QED) is 0.842. The Bertz CT molecular complexity index is 366. The number of hydrogen-bond donors (Lipinski definition) is 1. The van der Waals surface area contributed by atoms with Gasteiger partial charge in [0.05, 0.1) is 7.11 Å². The van der Waals surface area contributed by atoms with Crippen LogP contribution < -0.4 is 10.1 Å². The van der Waals surface area contributed by atoms with Crippen LogP contribution in [0.25, 0.3) is 0 Å². The molecule has 0 aliphatic carbocycles. The number of aromatic nitrogens is 2. The number of ether oxygens (including phenoxy) is 1. The van der Waals surface area contributed by atoms with Crippen molar-refractivity contribution < 1.29 is 4.74 Å². The van der Waals surface area contributed by atoms with E-state index < -0.39 is 0 Å². The summed E-state index contributed by atoms with van der Waals surface area (Å²) >= 11 is 0. The van der Waals surface area contributed by atoms with E-state index in [2.05, 4.69) is 27.2 Å². The third-order valence-corrected chi connectivity index (χ3v) is 3.38. The molecule has 0 atom stereocenters. The fraction of sp³-hybridized carbons (Fsp3) is 0.692. The van der Waals surface area contributed by atoms with E-state index in [9.17, 15) is 0 Å². The zero-order chi connectivity index (χ0) is 12.8. The smallest absolute Gasteiger partial charge is 0.236 e. The van der Waals surface area contributed by atoms with Gasteiger partial charge in [0.1, 0.15) is 5.69 Å². The van der Waals surface area contributed by atoms with Crippen molar-refractivity contribution in [2.75, 3.05) is 33.8 Å². The SMILES string of the molecule is COc1nccnc1CN(C)CC1CCNCC1. The van der Waals surface area contributed by atoms with Gasteiger partial charge in [0.2, 0.25) is 5.88 Å². The minimum atomic E-state index is 0.634. The van der Waals surface area contributed by atoms with Gasteiger partial charge >= 0.3 is 0 Å². The zero-order valence-electron chi connectivity index (χ0n) is 11.2. The van der Waals surface area contributed by atoms with Gasteiger partial charge in [-0.1, -0.05) is 0 Å². The van der Waals surface area contributed by atoms with Gasteiger partial charge in [0, 0.05) is 25.5 Å². The average Bonchev–Trinajstić information content (AvgIpc) is 2.40. The Morgan fingerprint density at radius 3 is 2.78 bits per heavy atom. The number of rotatable bonds is 5. The van der Waals surface area contributed by atoms with E-state index in [-0.39, 0.29) is 0 Å². The molecule has 0 amide bonds. The number of nitrogens with one attached hydrogen (secondary N) is 1. The first-order chi connectivity index (χ1) is 8.79. The summed E-state index contributed by atoms with van der Waals surface area (Å²) in [6.07, 6.45) is 5.91. The molecule has 18 heavy (non-hydrogen) atoms. The number of methoxy groups -OCH3 is 1. The van der Waals surface area contributed by atoms with E-state index in [1.54, 1.807) is 19.5 Å². The molecule has 1 aliphatic rings. The summed E-state index contributed by atoms with van der Waals surface area (Å²) < 4.78 is 5.23. The van der Waals surface area contributed by atoms with Gasteiger partial charge in [-0.05, 0) is 38.9 Å². The van der Waals surface area contributed by atoms with Gasteiger partial charge in [-0.25, -0.2) is 4.98 Å². The topological polar surface area (TPSA) is 50.3 Å². The molecule has 1 N–H and O–H groups in total. The van der Waals surface area contributed by atoms with E-state index in [1.807, 2.05) is 0 Å². The zero-order valence-corrected chi connectivity index (χ0v) is 11.2. The molecule has 1 aliphatic heterocycles. The highest BCUT2D eigenvalue weighted by molar-refractivity contribution is 5.16. The maximum absolute atomic E-state index is 5.23. The second-order valence-electron chi connectivity index (χ2n) is 4.90. The lowest BCUT2D eigenvalue weighted by molar-refractivity contribution is 0.229. The van der Waals surface area contributed by atoms with E-state index in [0.717, 1.165) is 37.8 Å². The first-order valence-electron chi connectivity index (χ1n) is 6.52. The van der Waals surface area contributed by atoms with Crippen molar-refractivity contribution in [2.45, 2.75) is 19.4 Å². The molecule has 0 spiro atoms. The maximum Gasteiger partial charge on any atom is 0.236 e. The van der Waals surface area contributed by atoms with Crippen LogP contribution in [0.1, 0.15) is 18.5 Å². The molecule has 1 saturated heterocycles. The Hall–Kier alpha value is -1.20. The normalized spacial score (nSPS) is 17.1. The Labute approximate surface area is 109 Å². The molecular weight excluding hydrogens is 228 g/mol. The minimum absolute atomic E-state index is 0.634. The van der Waals surface area contributed by atoms with Gasteiger partial charge in [0.25, 0.3) is 0 Å². The molecule has 2 rings (SSSR count). The molecule has 0 unspecified atom stereocenters. The summed E-state index contributed by atoms with van der Waals surface area (Å²) in [5.74, 6) is 1.42. The van der Waals surface area contributed by atoms with Crippen LogP contribution in [0.5, 0.6) is 5.88 Å². The predicted molar refractivity (Wildman–Crippen MR) is 70.5 cm³/mol. The fourth-order valence-corrected chi connectivity index (χ4v) is 2.46. The Morgan fingerprint density at radius 2 is 2.06 bits per heavy atom. The lowest BCUT2D eigenvalue weighted by Crippen LogP contribution is -2.34. The van der Waals surface area contributed by atoms with Crippen LogP contribution in [-0.4, -0.2) is 48.7 Å². The standard InChI is InChI=1S/C13H22N4O/c1-17(9-11-3-5-14-6-4-11)10-12-13(18-2)16-8-7-15-12/h7-8,11,14H,3-6,9-10H2,1-2H3.